The number of halogens is 1. The van der Waals surface area contributed by atoms with Crippen LogP contribution in [0.15, 0.2) is 29.2 Å². The van der Waals surface area contributed by atoms with E-state index in [0.717, 1.165) is 22.2 Å². The fraction of sp³-hybridized carbons (Fsp3) is 0.312. The number of rotatable bonds is 5. The van der Waals surface area contributed by atoms with Gasteiger partial charge in [0.1, 0.15) is 6.54 Å². The molecule has 0 atom stereocenters. The monoisotopic (exact) mass is 352 g/mol. The van der Waals surface area contributed by atoms with Crippen molar-refractivity contribution in [1.82, 2.24) is 9.80 Å². The molecular formula is C16H17ClN2O3S. The van der Waals surface area contributed by atoms with E-state index in [9.17, 15) is 14.4 Å². The Balaban J connectivity index is 2.13. The molecule has 1 aliphatic heterocycles. The third kappa shape index (κ3) is 4.14. The molecule has 0 aliphatic carbocycles. The van der Waals surface area contributed by atoms with Gasteiger partial charge in [0.2, 0.25) is 5.91 Å². The van der Waals surface area contributed by atoms with Crippen LogP contribution in [0.5, 0.6) is 0 Å². The van der Waals surface area contributed by atoms with Gasteiger partial charge in [0.15, 0.2) is 0 Å². The summed E-state index contributed by atoms with van der Waals surface area (Å²) in [5.41, 5.74) is 0.773. The van der Waals surface area contributed by atoms with Gasteiger partial charge in [0.05, 0.1) is 4.91 Å². The lowest BCUT2D eigenvalue weighted by Crippen LogP contribution is -2.41. The third-order valence-electron chi connectivity index (χ3n) is 3.45. The van der Waals surface area contributed by atoms with Crippen LogP contribution < -0.4 is 0 Å². The van der Waals surface area contributed by atoms with Crippen molar-refractivity contribution < 1.29 is 14.4 Å². The molecule has 1 aromatic rings. The highest BCUT2D eigenvalue weighted by Crippen LogP contribution is 2.32. The number of hydrogen-bond donors (Lipinski definition) is 0. The molecule has 3 amide bonds. The van der Waals surface area contributed by atoms with E-state index in [1.807, 2.05) is 13.8 Å². The molecule has 0 spiro atoms. The fourth-order valence-electron chi connectivity index (χ4n) is 2.16. The second-order valence-corrected chi connectivity index (χ2v) is 6.32. The third-order valence-corrected chi connectivity index (χ3v) is 4.61. The highest BCUT2D eigenvalue weighted by molar-refractivity contribution is 8.18. The van der Waals surface area contributed by atoms with Crippen molar-refractivity contribution in [3.63, 3.8) is 0 Å². The molecule has 2 rings (SSSR count). The lowest BCUT2D eigenvalue weighted by atomic mass is 10.2. The van der Waals surface area contributed by atoms with Crippen molar-refractivity contribution >= 4 is 46.5 Å². The van der Waals surface area contributed by atoms with Crippen LogP contribution in [0.4, 0.5) is 4.79 Å². The first-order valence-corrected chi connectivity index (χ1v) is 8.44. The molecule has 5 nitrogen and oxygen atoms in total. The van der Waals surface area contributed by atoms with Gasteiger partial charge < -0.3 is 4.90 Å². The Hall–Kier alpha value is -1.79. The standard InChI is InChI=1S/C16H17ClN2O3S/c1-3-18(4-2)14(20)10-19-15(21)13(23-16(19)22)9-11-5-7-12(17)8-6-11/h5-9H,3-4,10H2,1-2H3/b13-9+. The lowest BCUT2D eigenvalue weighted by molar-refractivity contribution is -0.135. The largest absolute Gasteiger partial charge is 0.342 e. The number of carbonyl (C=O) groups excluding carboxylic acids is 3. The number of carbonyl (C=O) groups is 3. The van der Waals surface area contributed by atoms with Crippen molar-refractivity contribution in [2.45, 2.75) is 13.8 Å². The van der Waals surface area contributed by atoms with Gasteiger partial charge in [-0.1, -0.05) is 23.7 Å². The number of amides is 3. The number of hydrogen-bond acceptors (Lipinski definition) is 4. The highest BCUT2D eigenvalue weighted by Gasteiger charge is 2.36. The average molecular weight is 353 g/mol. The van der Waals surface area contributed by atoms with Gasteiger partial charge in [0.25, 0.3) is 11.1 Å². The summed E-state index contributed by atoms with van der Waals surface area (Å²) >= 11 is 6.66. The predicted molar refractivity (Wildman–Crippen MR) is 92.1 cm³/mol. The van der Waals surface area contributed by atoms with E-state index in [-0.39, 0.29) is 12.5 Å². The summed E-state index contributed by atoms with van der Waals surface area (Å²) in [5, 5.41) is 0.177. The Kier molecular flexibility index (Phi) is 5.85. The van der Waals surface area contributed by atoms with Crippen LogP contribution in [-0.2, 0) is 9.59 Å². The first-order chi connectivity index (χ1) is 11.0. The minimum absolute atomic E-state index is 0.218. The smallest absolute Gasteiger partial charge is 0.294 e. The van der Waals surface area contributed by atoms with E-state index in [4.69, 9.17) is 11.6 Å². The Morgan fingerprint density at radius 3 is 2.39 bits per heavy atom. The Bertz CT molecular complexity index is 654. The normalized spacial score (nSPS) is 16.3. The van der Waals surface area contributed by atoms with Gasteiger partial charge in [-0.2, -0.15) is 0 Å². The van der Waals surface area contributed by atoms with Crippen molar-refractivity contribution in [3.05, 3.63) is 39.8 Å². The van der Waals surface area contributed by atoms with Gasteiger partial charge in [0, 0.05) is 18.1 Å². The molecule has 1 saturated heterocycles. The minimum atomic E-state index is -0.435. The molecule has 0 saturated carbocycles. The summed E-state index contributed by atoms with van der Waals surface area (Å²) in [5.74, 6) is -0.666. The molecule has 0 aromatic heterocycles. The second kappa shape index (κ2) is 7.66. The predicted octanol–water partition coefficient (Wildman–Crippen LogP) is 3.24. The summed E-state index contributed by atoms with van der Waals surface area (Å²) in [7, 11) is 0. The van der Waals surface area contributed by atoms with Crippen LogP contribution in [0.3, 0.4) is 0 Å². The van der Waals surface area contributed by atoms with Crippen LogP contribution in [0.2, 0.25) is 5.02 Å². The maximum absolute atomic E-state index is 12.3. The van der Waals surface area contributed by atoms with Crippen LogP contribution >= 0.6 is 23.4 Å². The van der Waals surface area contributed by atoms with E-state index in [1.54, 1.807) is 35.2 Å². The zero-order chi connectivity index (χ0) is 17.0. The molecule has 0 unspecified atom stereocenters. The molecular weight excluding hydrogens is 336 g/mol. The van der Waals surface area contributed by atoms with E-state index in [0.29, 0.717) is 23.0 Å². The Labute approximate surface area is 144 Å². The fourth-order valence-corrected chi connectivity index (χ4v) is 3.12. The number of nitrogens with zero attached hydrogens (tertiary/aromatic N) is 2. The molecule has 1 heterocycles. The van der Waals surface area contributed by atoms with E-state index < -0.39 is 11.1 Å². The van der Waals surface area contributed by atoms with Crippen LogP contribution in [0.1, 0.15) is 19.4 Å². The van der Waals surface area contributed by atoms with E-state index in [2.05, 4.69) is 0 Å². The van der Waals surface area contributed by atoms with Crippen molar-refractivity contribution in [3.8, 4) is 0 Å². The van der Waals surface area contributed by atoms with Crippen molar-refractivity contribution in [2.24, 2.45) is 0 Å². The zero-order valence-corrected chi connectivity index (χ0v) is 14.5. The zero-order valence-electron chi connectivity index (χ0n) is 12.9. The topological polar surface area (TPSA) is 57.7 Å². The summed E-state index contributed by atoms with van der Waals surface area (Å²) < 4.78 is 0. The number of imide groups is 1. The van der Waals surface area contributed by atoms with Crippen LogP contribution in [-0.4, -0.2) is 46.5 Å². The SMILES string of the molecule is CCN(CC)C(=O)CN1C(=O)S/C(=C/c2ccc(Cl)cc2)C1=O. The highest BCUT2D eigenvalue weighted by atomic mass is 35.5. The maximum atomic E-state index is 12.3. The van der Waals surface area contributed by atoms with Crippen LogP contribution in [0, 0.1) is 0 Å². The molecule has 1 aromatic carbocycles. The van der Waals surface area contributed by atoms with Crippen molar-refractivity contribution in [2.75, 3.05) is 19.6 Å². The van der Waals surface area contributed by atoms with Gasteiger partial charge in [-0.3, -0.25) is 19.3 Å². The maximum Gasteiger partial charge on any atom is 0.294 e. The molecule has 0 N–H and O–H groups in total. The van der Waals surface area contributed by atoms with Gasteiger partial charge in [-0.05, 0) is 49.4 Å². The summed E-state index contributed by atoms with van der Waals surface area (Å²) in [6.07, 6.45) is 1.63. The summed E-state index contributed by atoms with van der Waals surface area (Å²) in [6.45, 7) is 4.59. The Morgan fingerprint density at radius 1 is 1.22 bits per heavy atom. The quantitative estimate of drug-likeness (QED) is 0.763. The second-order valence-electron chi connectivity index (χ2n) is 4.89. The number of likely N-dealkylation sites (N-methyl/N-ethyl adjacent to an activating group) is 1. The first-order valence-electron chi connectivity index (χ1n) is 7.25. The first kappa shape index (κ1) is 17.6. The van der Waals surface area contributed by atoms with E-state index >= 15 is 0 Å². The van der Waals surface area contributed by atoms with Gasteiger partial charge >= 0.3 is 0 Å². The van der Waals surface area contributed by atoms with E-state index in [1.165, 1.54) is 0 Å². The van der Waals surface area contributed by atoms with Crippen LogP contribution in [0.25, 0.3) is 6.08 Å². The van der Waals surface area contributed by atoms with Crippen molar-refractivity contribution in [1.29, 1.82) is 0 Å². The molecule has 23 heavy (non-hydrogen) atoms. The number of thioether (sulfide) groups is 1. The average Bonchev–Trinajstić information content (AvgIpc) is 2.78. The van der Waals surface area contributed by atoms with Gasteiger partial charge in [-0.25, -0.2) is 0 Å². The lowest BCUT2D eigenvalue weighted by Gasteiger charge is -2.21. The summed E-state index contributed by atoms with van der Waals surface area (Å²) in [4.78, 5) is 39.3. The molecule has 1 aliphatic rings. The molecule has 122 valence electrons. The molecule has 1 fully saturated rings. The molecule has 7 heteroatoms. The number of benzene rings is 1. The summed E-state index contributed by atoms with van der Waals surface area (Å²) in [6, 6.07) is 6.94. The molecule has 0 bridgehead atoms. The molecule has 0 radical (unpaired) electrons. The minimum Gasteiger partial charge on any atom is -0.342 e. The Morgan fingerprint density at radius 2 is 1.83 bits per heavy atom. The van der Waals surface area contributed by atoms with Gasteiger partial charge in [-0.15, -0.1) is 0 Å².